The summed E-state index contributed by atoms with van der Waals surface area (Å²) in [5.41, 5.74) is 1.82. The highest BCUT2D eigenvalue weighted by Crippen LogP contribution is 2.26. The number of fused-ring (bicyclic) bond motifs is 1. The molecule has 3 rings (SSSR count). The van der Waals surface area contributed by atoms with Crippen molar-refractivity contribution in [2.45, 2.75) is 52.1 Å². The molecule has 108 valence electrons. The molecule has 1 aromatic heterocycles. The predicted octanol–water partition coefficient (Wildman–Crippen LogP) is 1.63. The summed E-state index contributed by atoms with van der Waals surface area (Å²) >= 11 is 0. The lowest BCUT2D eigenvalue weighted by Crippen LogP contribution is -2.34. The number of hydrogen-bond acceptors (Lipinski definition) is 4. The summed E-state index contributed by atoms with van der Waals surface area (Å²) in [5.74, 6) is 0.832. The van der Waals surface area contributed by atoms with Gasteiger partial charge in [-0.25, -0.2) is 4.79 Å². The van der Waals surface area contributed by atoms with Gasteiger partial charge >= 0.3 is 6.03 Å². The number of imide groups is 1. The van der Waals surface area contributed by atoms with Crippen LogP contribution in [0.3, 0.4) is 0 Å². The standard InChI is InChI=1S/C14H19N3O3/c1-8(2)12-13(18)17(14(19)15-12)7-10-9-5-3-4-6-11(9)20-16-10/h8,12H,3-7H2,1-2H3,(H,15,19). The zero-order chi connectivity index (χ0) is 14.3. The third-order valence-electron chi connectivity index (χ3n) is 4.06. The van der Waals surface area contributed by atoms with Crippen LogP contribution in [-0.2, 0) is 24.2 Å². The van der Waals surface area contributed by atoms with Gasteiger partial charge < -0.3 is 9.84 Å². The highest BCUT2D eigenvalue weighted by Gasteiger charge is 2.40. The van der Waals surface area contributed by atoms with Crippen LogP contribution in [0.25, 0.3) is 0 Å². The van der Waals surface area contributed by atoms with Crippen LogP contribution in [0.5, 0.6) is 0 Å². The van der Waals surface area contributed by atoms with Crippen molar-refractivity contribution < 1.29 is 14.1 Å². The van der Waals surface area contributed by atoms with E-state index in [9.17, 15) is 9.59 Å². The molecule has 1 fully saturated rings. The number of urea groups is 1. The summed E-state index contributed by atoms with van der Waals surface area (Å²) in [6, 6.07) is -0.758. The molecule has 1 aromatic rings. The van der Waals surface area contributed by atoms with E-state index >= 15 is 0 Å². The fourth-order valence-corrected chi connectivity index (χ4v) is 2.87. The Morgan fingerprint density at radius 2 is 2.10 bits per heavy atom. The van der Waals surface area contributed by atoms with Crippen molar-refractivity contribution >= 4 is 11.9 Å². The number of rotatable bonds is 3. The number of aryl methyl sites for hydroxylation is 1. The van der Waals surface area contributed by atoms with Gasteiger partial charge in [-0.15, -0.1) is 0 Å². The van der Waals surface area contributed by atoms with Crippen molar-refractivity contribution in [2.24, 2.45) is 5.92 Å². The van der Waals surface area contributed by atoms with Gasteiger partial charge in [-0.3, -0.25) is 9.69 Å². The Morgan fingerprint density at radius 3 is 2.80 bits per heavy atom. The predicted molar refractivity (Wildman–Crippen MR) is 70.9 cm³/mol. The van der Waals surface area contributed by atoms with Crippen LogP contribution in [0.2, 0.25) is 0 Å². The number of hydrogen-bond donors (Lipinski definition) is 1. The molecule has 1 N–H and O–H groups in total. The Labute approximate surface area is 117 Å². The Bertz CT molecular complexity index is 550. The lowest BCUT2D eigenvalue weighted by Gasteiger charge is -2.14. The van der Waals surface area contributed by atoms with Gasteiger partial charge in [-0.1, -0.05) is 19.0 Å². The Morgan fingerprint density at radius 1 is 1.35 bits per heavy atom. The number of nitrogens with one attached hydrogen (secondary N) is 1. The third-order valence-corrected chi connectivity index (χ3v) is 4.06. The van der Waals surface area contributed by atoms with Gasteiger partial charge in [0.1, 0.15) is 17.5 Å². The molecule has 2 aliphatic rings. The van der Waals surface area contributed by atoms with Crippen LogP contribution < -0.4 is 5.32 Å². The van der Waals surface area contributed by atoms with Crippen LogP contribution in [0.1, 0.15) is 43.7 Å². The van der Waals surface area contributed by atoms with Crippen LogP contribution >= 0.6 is 0 Å². The van der Waals surface area contributed by atoms with Gasteiger partial charge in [0.05, 0.1) is 6.54 Å². The second-order valence-electron chi connectivity index (χ2n) is 5.83. The van der Waals surface area contributed by atoms with Gasteiger partial charge in [-0.2, -0.15) is 0 Å². The van der Waals surface area contributed by atoms with E-state index in [-0.39, 0.29) is 24.4 Å². The van der Waals surface area contributed by atoms with E-state index in [0.717, 1.165) is 42.7 Å². The minimum Gasteiger partial charge on any atom is -0.361 e. The molecule has 0 saturated carbocycles. The Balaban J connectivity index is 1.79. The molecule has 1 aliphatic carbocycles. The summed E-state index contributed by atoms with van der Waals surface area (Å²) in [4.78, 5) is 25.4. The molecular formula is C14H19N3O3. The van der Waals surface area contributed by atoms with Crippen molar-refractivity contribution in [3.8, 4) is 0 Å². The molecular weight excluding hydrogens is 258 g/mol. The Hall–Kier alpha value is -1.85. The van der Waals surface area contributed by atoms with E-state index in [4.69, 9.17) is 4.52 Å². The smallest absolute Gasteiger partial charge is 0.325 e. The first-order chi connectivity index (χ1) is 9.58. The Kier molecular flexibility index (Phi) is 3.23. The van der Waals surface area contributed by atoms with E-state index in [1.165, 1.54) is 4.90 Å². The monoisotopic (exact) mass is 277 g/mol. The van der Waals surface area contributed by atoms with Crippen LogP contribution in [0, 0.1) is 5.92 Å². The van der Waals surface area contributed by atoms with Crippen molar-refractivity contribution in [2.75, 3.05) is 0 Å². The van der Waals surface area contributed by atoms with Crippen molar-refractivity contribution in [3.63, 3.8) is 0 Å². The molecule has 0 bridgehead atoms. The SMILES string of the molecule is CC(C)C1NC(=O)N(Cc2noc3c2CCCC3)C1=O. The summed E-state index contributed by atoms with van der Waals surface area (Å²) in [6.45, 7) is 4.06. The molecule has 6 nitrogen and oxygen atoms in total. The number of carbonyl (C=O) groups is 2. The quantitative estimate of drug-likeness (QED) is 0.852. The number of amides is 3. The minimum atomic E-state index is -0.426. The van der Waals surface area contributed by atoms with E-state index in [1.54, 1.807) is 0 Å². The van der Waals surface area contributed by atoms with Crippen LogP contribution in [0.4, 0.5) is 4.79 Å². The first-order valence-electron chi connectivity index (χ1n) is 7.16. The fraction of sp³-hybridized carbons (Fsp3) is 0.643. The normalized spacial score (nSPS) is 22.4. The lowest BCUT2D eigenvalue weighted by molar-refractivity contribution is -0.128. The fourth-order valence-electron chi connectivity index (χ4n) is 2.87. The van der Waals surface area contributed by atoms with E-state index in [1.807, 2.05) is 13.8 Å². The van der Waals surface area contributed by atoms with Crippen LogP contribution in [0.15, 0.2) is 4.52 Å². The average Bonchev–Trinajstić information content (AvgIpc) is 2.95. The van der Waals surface area contributed by atoms with Gasteiger partial charge in [0, 0.05) is 12.0 Å². The molecule has 0 aromatic carbocycles. The highest BCUT2D eigenvalue weighted by molar-refractivity contribution is 6.04. The summed E-state index contributed by atoms with van der Waals surface area (Å²) < 4.78 is 5.32. The van der Waals surface area contributed by atoms with E-state index < -0.39 is 6.04 Å². The summed E-state index contributed by atoms with van der Waals surface area (Å²) in [5, 5.41) is 6.78. The van der Waals surface area contributed by atoms with E-state index in [2.05, 4.69) is 10.5 Å². The topological polar surface area (TPSA) is 75.4 Å². The van der Waals surface area contributed by atoms with Crippen molar-refractivity contribution in [1.29, 1.82) is 0 Å². The van der Waals surface area contributed by atoms with Crippen molar-refractivity contribution in [1.82, 2.24) is 15.4 Å². The van der Waals surface area contributed by atoms with Gasteiger partial charge in [0.25, 0.3) is 5.91 Å². The number of nitrogens with zero attached hydrogens (tertiary/aromatic N) is 2. The van der Waals surface area contributed by atoms with E-state index in [0.29, 0.717) is 0 Å². The molecule has 1 saturated heterocycles. The third kappa shape index (κ3) is 2.09. The van der Waals surface area contributed by atoms with Gasteiger partial charge in [0.2, 0.25) is 0 Å². The summed E-state index contributed by atoms with van der Waals surface area (Å²) in [7, 11) is 0. The molecule has 2 heterocycles. The van der Waals surface area contributed by atoms with Crippen LogP contribution in [-0.4, -0.2) is 28.0 Å². The molecule has 0 spiro atoms. The highest BCUT2D eigenvalue weighted by atomic mass is 16.5. The molecule has 1 aliphatic heterocycles. The molecule has 20 heavy (non-hydrogen) atoms. The molecule has 0 radical (unpaired) electrons. The largest absolute Gasteiger partial charge is 0.361 e. The summed E-state index contributed by atoms with van der Waals surface area (Å²) in [6.07, 6.45) is 4.04. The molecule has 1 unspecified atom stereocenters. The number of carbonyl (C=O) groups excluding carboxylic acids is 2. The first-order valence-corrected chi connectivity index (χ1v) is 7.16. The second kappa shape index (κ2) is 4.92. The van der Waals surface area contributed by atoms with Gasteiger partial charge in [-0.05, 0) is 25.2 Å². The first kappa shape index (κ1) is 13.1. The van der Waals surface area contributed by atoms with Gasteiger partial charge in [0.15, 0.2) is 0 Å². The maximum absolute atomic E-state index is 12.2. The second-order valence-corrected chi connectivity index (χ2v) is 5.83. The van der Waals surface area contributed by atoms with Crippen molar-refractivity contribution in [3.05, 3.63) is 17.0 Å². The number of aromatic nitrogens is 1. The molecule has 1 atom stereocenters. The zero-order valence-corrected chi connectivity index (χ0v) is 11.8. The zero-order valence-electron chi connectivity index (χ0n) is 11.8. The molecule has 6 heteroatoms. The average molecular weight is 277 g/mol. The maximum Gasteiger partial charge on any atom is 0.325 e. The molecule has 3 amide bonds. The maximum atomic E-state index is 12.2. The lowest BCUT2D eigenvalue weighted by atomic mass is 9.96. The minimum absolute atomic E-state index is 0.0858.